The Morgan fingerprint density at radius 3 is 2.27 bits per heavy atom. The Bertz CT molecular complexity index is 344. The van der Waals surface area contributed by atoms with Crippen LogP contribution in [0.5, 0.6) is 0 Å². The van der Waals surface area contributed by atoms with Crippen molar-refractivity contribution in [2.24, 2.45) is 0 Å². The standard InChI is InChI=1S/C14H20Si/c1-5-7-12-15(3,4)14-10-8-13(6-2)9-11-14/h6-12H,2,5H2,1,3-4H3. The van der Waals surface area contributed by atoms with Crippen LogP contribution in [0.3, 0.4) is 0 Å². The predicted molar refractivity (Wildman–Crippen MR) is 73.1 cm³/mol. The van der Waals surface area contributed by atoms with Crippen LogP contribution >= 0.6 is 0 Å². The highest BCUT2D eigenvalue weighted by atomic mass is 28.3. The molecule has 0 unspecified atom stereocenters. The van der Waals surface area contributed by atoms with Crippen LogP contribution in [-0.4, -0.2) is 8.07 Å². The predicted octanol–water partition coefficient (Wildman–Crippen LogP) is 3.75. The van der Waals surface area contributed by atoms with Gasteiger partial charge in [-0.05, 0) is 12.0 Å². The summed E-state index contributed by atoms with van der Waals surface area (Å²) in [5, 5.41) is 1.48. The molecule has 0 aliphatic rings. The molecule has 0 saturated carbocycles. The van der Waals surface area contributed by atoms with E-state index in [4.69, 9.17) is 0 Å². The van der Waals surface area contributed by atoms with Crippen LogP contribution in [0.15, 0.2) is 42.6 Å². The Morgan fingerprint density at radius 2 is 1.80 bits per heavy atom. The largest absolute Gasteiger partial charge is 0.103 e. The Morgan fingerprint density at radius 1 is 1.20 bits per heavy atom. The third-order valence-corrected chi connectivity index (χ3v) is 5.55. The molecule has 1 heteroatoms. The summed E-state index contributed by atoms with van der Waals surface area (Å²) >= 11 is 0. The van der Waals surface area contributed by atoms with Crippen molar-refractivity contribution in [3.05, 3.63) is 48.2 Å². The van der Waals surface area contributed by atoms with Gasteiger partial charge in [0.2, 0.25) is 0 Å². The zero-order valence-corrected chi connectivity index (χ0v) is 11.0. The zero-order valence-electron chi connectivity index (χ0n) is 9.96. The van der Waals surface area contributed by atoms with Crippen molar-refractivity contribution in [2.45, 2.75) is 26.4 Å². The lowest BCUT2D eigenvalue weighted by atomic mass is 10.2. The molecule has 0 aromatic heterocycles. The summed E-state index contributed by atoms with van der Waals surface area (Å²) in [6, 6.07) is 8.78. The highest BCUT2D eigenvalue weighted by Crippen LogP contribution is 2.07. The fourth-order valence-electron chi connectivity index (χ4n) is 1.56. The van der Waals surface area contributed by atoms with E-state index in [9.17, 15) is 0 Å². The molecule has 0 saturated heterocycles. The van der Waals surface area contributed by atoms with Gasteiger partial charge in [0.25, 0.3) is 0 Å². The molecule has 0 heterocycles. The molecule has 0 aliphatic heterocycles. The van der Waals surface area contributed by atoms with Crippen LogP contribution in [0.1, 0.15) is 18.9 Å². The molecular weight excluding hydrogens is 196 g/mol. The maximum Gasteiger partial charge on any atom is 0.103 e. The maximum atomic E-state index is 3.77. The van der Waals surface area contributed by atoms with Gasteiger partial charge in [-0.25, -0.2) is 0 Å². The first-order chi connectivity index (χ1) is 7.10. The average molecular weight is 216 g/mol. The van der Waals surface area contributed by atoms with E-state index in [1.807, 2.05) is 6.08 Å². The molecule has 1 aromatic rings. The molecule has 1 aromatic carbocycles. The van der Waals surface area contributed by atoms with E-state index in [1.165, 1.54) is 10.8 Å². The third kappa shape index (κ3) is 3.20. The van der Waals surface area contributed by atoms with Crippen LogP contribution in [0, 0.1) is 0 Å². The van der Waals surface area contributed by atoms with Crippen LogP contribution in [0.4, 0.5) is 0 Å². The molecule has 0 nitrogen and oxygen atoms in total. The number of allylic oxidation sites excluding steroid dienone is 1. The fraction of sp³-hybridized carbons (Fsp3) is 0.286. The molecular formula is C14H20Si. The van der Waals surface area contributed by atoms with Gasteiger partial charge in [0.1, 0.15) is 8.07 Å². The van der Waals surface area contributed by atoms with Crippen LogP contribution in [-0.2, 0) is 0 Å². The lowest BCUT2D eigenvalue weighted by Gasteiger charge is -2.18. The minimum atomic E-state index is -1.35. The van der Waals surface area contributed by atoms with E-state index in [-0.39, 0.29) is 0 Å². The molecule has 0 radical (unpaired) electrons. The first-order valence-electron chi connectivity index (χ1n) is 5.51. The van der Waals surface area contributed by atoms with E-state index in [0.29, 0.717) is 0 Å². The number of hydrogen-bond acceptors (Lipinski definition) is 0. The van der Waals surface area contributed by atoms with Crippen LogP contribution in [0.25, 0.3) is 6.08 Å². The number of rotatable bonds is 4. The van der Waals surface area contributed by atoms with Gasteiger partial charge in [-0.1, -0.05) is 73.9 Å². The van der Waals surface area contributed by atoms with Crippen molar-refractivity contribution >= 4 is 19.3 Å². The van der Waals surface area contributed by atoms with Crippen molar-refractivity contribution < 1.29 is 0 Å². The van der Waals surface area contributed by atoms with Gasteiger partial charge in [0.05, 0.1) is 0 Å². The second-order valence-electron chi connectivity index (χ2n) is 4.36. The average Bonchev–Trinajstić information content (AvgIpc) is 2.26. The monoisotopic (exact) mass is 216 g/mol. The van der Waals surface area contributed by atoms with Crippen molar-refractivity contribution in [3.8, 4) is 0 Å². The van der Waals surface area contributed by atoms with Crippen molar-refractivity contribution in [3.63, 3.8) is 0 Å². The van der Waals surface area contributed by atoms with Crippen molar-refractivity contribution in [1.82, 2.24) is 0 Å². The molecule has 1 rings (SSSR count). The second-order valence-corrected chi connectivity index (χ2v) is 8.71. The van der Waals surface area contributed by atoms with Gasteiger partial charge in [-0.3, -0.25) is 0 Å². The SMILES string of the molecule is C=Cc1ccc([Si](C)(C)C=CCC)cc1. The van der Waals surface area contributed by atoms with Gasteiger partial charge < -0.3 is 0 Å². The van der Waals surface area contributed by atoms with E-state index < -0.39 is 8.07 Å². The normalized spacial score (nSPS) is 11.9. The van der Waals surface area contributed by atoms with Gasteiger partial charge >= 0.3 is 0 Å². The fourth-order valence-corrected chi connectivity index (χ4v) is 3.60. The molecule has 0 bridgehead atoms. The molecule has 15 heavy (non-hydrogen) atoms. The smallest absolute Gasteiger partial charge is 0.0985 e. The van der Waals surface area contributed by atoms with Crippen LogP contribution in [0.2, 0.25) is 13.1 Å². The number of benzene rings is 1. The Balaban J connectivity index is 2.94. The zero-order chi connectivity index (χ0) is 11.3. The lowest BCUT2D eigenvalue weighted by molar-refractivity contribution is 1.23. The highest BCUT2D eigenvalue weighted by Gasteiger charge is 2.18. The van der Waals surface area contributed by atoms with E-state index in [0.717, 1.165) is 6.42 Å². The molecule has 0 fully saturated rings. The molecule has 80 valence electrons. The quantitative estimate of drug-likeness (QED) is 0.672. The summed E-state index contributed by atoms with van der Waals surface area (Å²) in [5.41, 5.74) is 3.61. The van der Waals surface area contributed by atoms with E-state index >= 15 is 0 Å². The topological polar surface area (TPSA) is 0 Å². The first-order valence-corrected chi connectivity index (χ1v) is 8.58. The van der Waals surface area contributed by atoms with Crippen molar-refractivity contribution in [1.29, 1.82) is 0 Å². The molecule has 0 N–H and O–H groups in total. The summed E-state index contributed by atoms with van der Waals surface area (Å²) in [6.45, 7) is 10.7. The Kier molecular flexibility index (Phi) is 4.10. The molecule has 0 atom stereocenters. The second kappa shape index (κ2) is 5.13. The molecule has 0 aliphatic carbocycles. The van der Waals surface area contributed by atoms with Crippen molar-refractivity contribution in [2.75, 3.05) is 0 Å². The summed E-state index contributed by atoms with van der Waals surface area (Å²) in [7, 11) is -1.35. The van der Waals surface area contributed by atoms with Gasteiger partial charge in [0, 0.05) is 0 Å². The summed E-state index contributed by atoms with van der Waals surface area (Å²) in [6.07, 6.45) is 5.30. The maximum absolute atomic E-state index is 3.77. The third-order valence-electron chi connectivity index (χ3n) is 2.66. The first kappa shape index (κ1) is 12.0. The van der Waals surface area contributed by atoms with Gasteiger partial charge in [-0.15, -0.1) is 0 Å². The molecule has 0 amide bonds. The van der Waals surface area contributed by atoms with Gasteiger partial charge in [-0.2, -0.15) is 0 Å². The minimum Gasteiger partial charge on any atom is -0.0985 e. The van der Waals surface area contributed by atoms with E-state index in [1.54, 1.807) is 0 Å². The molecule has 0 spiro atoms. The highest BCUT2D eigenvalue weighted by molar-refractivity contribution is 6.93. The summed E-state index contributed by atoms with van der Waals surface area (Å²) in [5.74, 6) is 0. The Labute approximate surface area is 94.4 Å². The Hall–Kier alpha value is -1.08. The lowest BCUT2D eigenvalue weighted by Crippen LogP contribution is -2.39. The minimum absolute atomic E-state index is 1.13. The van der Waals surface area contributed by atoms with Crippen LogP contribution < -0.4 is 5.19 Å². The number of hydrogen-bond donors (Lipinski definition) is 0. The summed E-state index contributed by atoms with van der Waals surface area (Å²) in [4.78, 5) is 0. The van der Waals surface area contributed by atoms with Gasteiger partial charge in [0.15, 0.2) is 0 Å². The summed E-state index contributed by atoms with van der Waals surface area (Å²) < 4.78 is 0. The van der Waals surface area contributed by atoms with E-state index in [2.05, 4.69) is 62.6 Å².